The Bertz CT molecular complexity index is 1230. The second-order valence-electron chi connectivity index (χ2n) is 9.37. The number of nitrogens with zero attached hydrogens (tertiary/aromatic N) is 4. The molecule has 4 heterocycles. The summed E-state index contributed by atoms with van der Waals surface area (Å²) in [4.78, 5) is 49.4. The first kappa shape index (κ1) is 23.6. The molecule has 0 radical (unpaired) electrons. The zero-order valence-electron chi connectivity index (χ0n) is 19.4. The van der Waals surface area contributed by atoms with Gasteiger partial charge in [-0.3, -0.25) is 23.9 Å². The summed E-state index contributed by atoms with van der Waals surface area (Å²) in [5.41, 5.74) is 0.435. The molecule has 0 aromatic carbocycles. The number of rotatable bonds is 5. The molecule has 1 aliphatic heterocycles. The molecule has 2 amide bonds. The van der Waals surface area contributed by atoms with Gasteiger partial charge in [0.1, 0.15) is 11.4 Å². The fourth-order valence-electron chi connectivity index (χ4n) is 3.90. The number of thiophene rings is 2. The molecule has 3 aromatic heterocycles. The van der Waals surface area contributed by atoms with Crippen LogP contribution in [-0.2, 0) is 16.1 Å². The number of carbonyl (C=O) groups is 2. The van der Waals surface area contributed by atoms with E-state index in [0.717, 1.165) is 10.4 Å². The summed E-state index contributed by atoms with van der Waals surface area (Å²) in [6, 6.07) is 4.05. The van der Waals surface area contributed by atoms with Gasteiger partial charge in [0.2, 0.25) is 11.8 Å². The lowest BCUT2D eigenvalue weighted by molar-refractivity contribution is -0.134. The number of amides is 2. The van der Waals surface area contributed by atoms with Gasteiger partial charge in [-0.1, -0.05) is 0 Å². The van der Waals surface area contributed by atoms with Gasteiger partial charge in [-0.2, -0.15) is 0 Å². The monoisotopic (exact) mass is 487 g/mol. The molecule has 3 aromatic rings. The van der Waals surface area contributed by atoms with E-state index in [4.69, 9.17) is 0 Å². The first-order chi connectivity index (χ1) is 15.6. The number of fused-ring (bicyclic) bond motifs is 1. The number of carbonyl (C=O) groups excluding carboxylic acids is 2. The van der Waals surface area contributed by atoms with Crippen molar-refractivity contribution in [3.63, 3.8) is 0 Å². The maximum atomic E-state index is 13.2. The Kier molecular flexibility index (Phi) is 6.69. The van der Waals surface area contributed by atoms with Gasteiger partial charge in [-0.25, -0.2) is 4.98 Å². The van der Waals surface area contributed by atoms with Crippen LogP contribution in [0.4, 0.5) is 0 Å². The number of piperazine rings is 1. The lowest BCUT2D eigenvalue weighted by Gasteiger charge is -2.35. The van der Waals surface area contributed by atoms with E-state index in [1.54, 1.807) is 16.2 Å². The number of aromatic nitrogens is 2. The van der Waals surface area contributed by atoms with Gasteiger partial charge in [0.25, 0.3) is 5.56 Å². The van der Waals surface area contributed by atoms with Gasteiger partial charge in [-0.15, -0.1) is 22.7 Å². The van der Waals surface area contributed by atoms with Gasteiger partial charge >= 0.3 is 0 Å². The number of aryl methyl sites for hydroxylation is 1. The molecule has 1 saturated heterocycles. The minimum absolute atomic E-state index is 0.0132. The van der Waals surface area contributed by atoms with E-state index in [2.05, 4.69) is 10.3 Å². The van der Waals surface area contributed by atoms with E-state index in [-0.39, 0.29) is 29.5 Å². The highest BCUT2D eigenvalue weighted by molar-refractivity contribution is 7.19. The van der Waals surface area contributed by atoms with Crippen molar-refractivity contribution in [1.29, 1.82) is 0 Å². The van der Waals surface area contributed by atoms with Crippen molar-refractivity contribution >= 4 is 44.7 Å². The van der Waals surface area contributed by atoms with Crippen LogP contribution in [-0.4, -0.2) is 69.4 Å². The fraction of sp³-hybridized carbons (Fsp3) is 0.478. The normalized spacial score (nSPS) is 15.2. The smallest absolute Gasteiger partial charge is 0.263 e. The van der Waals surface area contributed by atoms with E-state index >= 15 is 0 Å². The third kappa shape index (κ3) is 5.51. The summed E-state index contributed by atoms with van der Waals surface area (Å²) in [6.07, 6.45) is 1.47. The Morgan fingerprint density at radius 1 is 1.12 bits per heavy atom. The molecule has 33 heavy (non-hydrogen) atoms. The summed E-state index contributed by atoms with van der Waals surface area (Å²) in [6.45, 7) is 10.5. The van der Waals surface area contributed by atoms with E-state index in [9.17, 15) is 14.4 Å². The second kappa shape index (κ2) is 9.36. The maximum Gasteiger partial charge on any atom is 0.263 e. The molecular weight excluding hydrogens is 458 g/mol. The SMILES string of the molecule is Cc1ccc(-c2csc3ncn(CC(=O)N4CCN(CC(=O)NC(C)(C)C)CC4)c(=O)c23)s1. The summed E-state index contributed by atoms with van der Waals surface area (Å²) < 4.78 is 1.41. The van der Waals surface area contributed by atoms with Gasteiger partial charge in [0, 0.05) is 52.4 Å². The zero-order valence-corrected chi connectivity index (χ0v) is 21.0. The van der Waals surface area contributed by atoms with Crippen LogP contribution in [0.15, 0.2) is 28.6 Å². The van der Waals surface area contributed by atoms with E-state index in [1.165, 1.54) is 27.1 Å². The quantitative estimate of drug-likeness (QED) is 0.598. The molecule has 0 bridgehead atoms. The highest BCUT2D eigenvalue weighted by Gasteiger charge is 2.24. The van der Waals surface area contributed by atoms with Crippen LogP contribution in [0.25, 0.3) is 20.7 Å². The van der Waals surface area contributed by atoms with Crippen molar-refractivity contribution in [2.24, 2.45) is 0 Å². The number of hydrogen-bond acceptors (Lipinski definition) is 7. The van der Waals surface area contributed by atoms with Crippen LogP contribution in [0.1, 0.15) is 25.6 Å². The van der Waals surface area contributed by atoms with Gasteiger partial charge < -0.3 is 10.2 Å². The summed E-state index contributed by atoms with van der Waals surface area (Å²) >= 11 is 3.09. The van der Waals surface area contributed by atoms with Crippen LogP contribution in [0.5, 0.6) is 0 Å². The minimum atomic E-state index is -0.262. The molecule has 0 spiro atoms. The maximum absolute atomic E-state index is 13.2. The van der Waals surface area contributed by atoms with Crippen molar-refractivity contribution in [2.75, 3.05) is 32.7 Å². The van der Waals surface area contributed by atoms with Crippen molar-refractivity contribution in [3.8, 4) is 10.4 Å². The predicted molar refractivity (Wildman–Crippen MR) is 133 cm³/mol. The molecule has 4 rings (SSSR count). The Morgan fingerprint density at radius 3 is 2.48 bits per heavy atom. The fourth-order valence-corrected chi connectivity index (χ4v) is 5.76. The molecule has 0 aliphatic carbocycles. The van der Waals surface area contributed by atoms with Crippen molar-refractivity contribution < 1.29 is 9.59 Å². The molecule has 10 heteroatoms. The molecule has 0 saturated carbocycles. The van der Waals surface area contributed by atoms with E-state index in [0.29, 0.717) is 42.9 Å². The first-order valence-electron chi connectivity index (χ1n) is 11.0. The summed E-state index contributed by atoms with van der Waals surface area (Å²) in [5.74, 6) is -0.124. The lowest BCUT2D eigenvalue weighted by Crippen LogP contribution is -2.53. The second-order valence-corrected chi connectivity index (χ2v) is 11.5. The zero-order chi connectivity index (χ0) is 23.8. The highest BCUT2D eigenvalue weighted by Crippen LogP contribution is 2.34. The lowest BCUT2D eigenvalue weighted by atomic mass is 10.1. The van der Waals surface area contributed by atoms with Crippen LogP contribution in [0.3, 0.4) is 0 Å². The Morgan fingerprint density at radius 2 is 1.85 bits per heavy atom. The van der Waals surface area contributed by atoms with Crippen LogP contribution >= 0.6 is 22.7 Å². The van der Waals surface area contributed by atoms with Gasteiger partial charge in [-0.05, 0) is 39.8 Å². The topological polar surface area (TPSA) is 87.5 Å². The van der Waals surface area contributed by atoms with E-state index < -0.39 is 0 Å². The Balaban J connectivity index is 1.41. The molecule has 176 valence electrons. The summed E-state index contributed by atoms with van der Waals surface area (Å²) in [5, 5.41) is 5.50. The Hall–Kier alpha value is -2.56. The average Bonchev–Trinajstić information content (AvgIpc) is 3.35. The molecule has 0 atom stereocenters. The third-order valence-corrected chi connectivity index (χ3v) is 7.40. The van der Waals surface area contributed by atoms with Crippen LogP contribution in [0, 0.1) is 6.92 Å². The third-order valence-electron chi connectivity index (χ3n) is 5.48. The van der Waals surface area contributed by atoms with E-state index in [1.807, 2.05) is 50.1 Å². The van der Waals surface area contributed by atoms with Gasteiger partial charge in [0.15, 0.2) is 0 Å². The average molecular weight is 488 g/mol. The first-order valence-corrected chi connectivity index (χ1v) is 12.6. The molecular formula is C23H29N5O3S2. The number of nitrogens with one attached hydrogen (secondary N) is 1. The molecule has 0 unspecified atom stereocenters. The minimum Gasteiger partial charge on any atom is -0.350 e. The number of hydrogen-bond donors (Lipinski definition) is 1. The van der Waals surface area contributed by atoms with Crippen LogP contribution in [0.2, 0.25) is 0 Å². The van der Waals surface area contributed by atoms with Crippen LogP contribution < -0.4 is 10.9 Å². The van der Waals surface area contributed by atoms with Crippen molar-refractivity contribution in [2.45, 2.75) is 39.8 Å². The largest absolute Gasteiger partial charge is 0.350 e. The molecule has 1 fully saturated rings. The predicted octanol–water partition coefficient (Wildman–Crippen LogP) is 2.55. The van der Waals surface area contributed by atoms with Crippen molar-refractivity contribution in [3.05, 3.63) is 39.1 Å². The molecule has 1 aliphatic rings. The highest BCUT2D eigenvalue weighted by atomic mass is 32.1. The Labute approximate surface area is 200 Å². The molecule has 1 N–H and O–H groups in total. The van der Waals surface area contributed by atoms with Crippen molar-refractivity contribution in [1.82, 2.24) is 24.7 Å². The summed E-state index contributed by atoms with van der Waals surface area (Å²) in [7, 11) is 0. The molecule has 8 nitrogen and oxygen atoms in total. The standard InChI is InChI=1S/C23H29N5O3S2/c1-15-5-6-17(33-15)16-13-32-21-20(16)22(31)28(14-24-21)12-19(30)27-9-7-26(8-10-27)11-18(29)25-23(2,3)4/h5-6,13-14H,7-12H2,1-4H3,(H,25,29). The van der Waals surface area contributed by atoms with Gasteiger partial charge in [0.05, 0.1) is 18.3 Å².